The van der Waals surface area contributed by atoms with Crippen LogP contribution in [0.5, 0.6) is 0 Å². The van der Waals surface area contributed by atoms with E-state index in [1.165, 1.54) is 11.1 Å². The predicted molar refractivity (Wildman–Crippen MR) is 84.7 cm³/mol. The molecule has 1 amide bonds. The Morgan fingerprint density at radius 3 is 2.30 bits per heavy atom. The smallest absolute Gasteiger partial charge is 0.243 e. The van der Waals surface area contributed by atoms with Crippen LogP contribution in [-0.4, -0.2) is 31.4 Å². The third kappa shape index (κ3) is 5.17. The topological polar surface area (TPSA) is 32.3 Å². The average Bonchev–Trinajstić information content (AvgIpc) is 2.38. The Morgan fingerprint density at radius 2 is 1.85 bits per heavy atom. The Hall–Kier alpha value is -1.61. The monoisotopic (exact) mass is 274 g/mol. The Balaban J connectivity index is 2.73. The zero-order chi connectivity index (χ0) is 15.1. The van der Waals surface area contributed by atoms with Crippen LogP contribution in [-0.2, 0) is 11.2 Å². The van der Waals surface area contributed by atoms with Crippen LogP contribution >= 0.6 is 0 Å². The Morgan fingerprint density at radius 1 is 1.25 bits per heavy atom. The molecule has 0 aromatic heterocycles. The van der Waals surface area contributed by atoms with Gasteiger partial charge in [-0.25, -0.2) is 0 Å². The molecular formula is C17H26N2O. The van der Waals surface area contributed by atoms with Crippen molar-refractivity contribution in [1.82, 2.24) is 10.2 Å². The SMILES string of the molecule is CCc1ccc(C(CNC(=O)C=C(C)C)N(C)C)cc1. The number of rotatable bonds is 6. The predicted octanol–water partition coefficient (Wildman–Crippen LogP) is 2.93. The third-order valence-corrected chi connectivity index (χ3v) is 3.29. The van der Waals surface area contributed by atoms with Crippen LogP contribution in [0.2, 0.25) is 0 Å². The fourth-order valence-corrected chi connectivity index (χ4v) is 2.08. The van der Waals surface area contributed by atoms with E-state index in [4.69, 9.17) is 0 Å². The second-order valence-corrected chi connectivity index (χ2v) is 5.54. The van der Waals surface area contributed by atoms with Crippen molar-refractivity contribution in [2.45, 2.75) is 33.2 Å². The van der Waals surface area contributed by atoms with Gasteiger partial charge in [-0.2, -0.15) is 0 Å². The molecule has 1 unspecified atom stereocenters. The molecule has 1 aromatic rings. The number of carbonyl (C=O) groups excluding carboxylic acids is 1. The standard InChI is InChI=1S/C17H26N2O/c1-6-14-7-9-15(10-8-14)16(19(4)5)12-18-17(20)11-13(2)3/h7-11,16H,6,12H2,1-5H3,(H,18,20). The van der Waals surface area contributed by atoms with Crippen LogP contribution in [0.15, 0.2) is 35.9 Å². The lowest BCUT2D eigenvalue weighted by atomic mass is 10.0. The van der Waals surface area contributed by atoms with Crippen LogP contribution in [0.25, 0.3) is 0 Å². The van der Waals surface area contributed by atoms with Crippen molar-refractivity contribution in [2.75, 3.05) is 20.6 Å². The van der Waals surface area contributed by atoms with E-state index in [2.05, 4.69) is 41.4 Å². The minimum absolute atomic E-state index is 0.0259. The van der Waals surface area contributed by atoms with E-state index in [9.17, 15) is 4.79 Å². The van der Waals surface area contributed by atoms with Gasteiger partial charge < -0.3 is 10.2 Å². The maximum absolute atomic E-state index is 11.7. The quantitative estimate of drug-likeness (QED) is 0.809. The van der Waals surface area contributed by atoms with Gasteiger partial charge in [0.25, 0.3) is 0 Å². The number of hydrogen-bond donors (Lipinski definition) is 1. The van der Waals surface area contributed by atoms with Crippen molar-refractivity contribution in [2.24, 2.45) is 0 Å². The Bertz CT molecular complexity index is 456. The summed E-state index contributed by atoms with van der Waals surface area (Å²) in [4.78, 5) is 13.8. The molecule has 0 aliphatic rings. The first kappa shape index (κ1) is 16.4. The van der Waals surface area contributed by atoms with E-state index in [0.29, 0.717) is 6.54 Å². The molecule has 20 heavy (non-hydrogen) atoms. The van der Waals surface area contributed by atoms with Crippen molar-refractivity contribution in [1.29, 1.82) is 0 Å². The second kappa shape index (κ2) is 7.85. The maximum atomic E-state index is 11.7. The maximum Gasteiger partial charge on any atom is 0.243 e. The van der Waals surface area contributed by atoms with E-state index in [0.717, 1.165) is 12.0 Å². The van der Waals surface area contributed by atoms with Crippen molar-refractivity contribution >= 4 is 5.91 Å². The van der Waals surface area contributed by atoms with Crippen LogP contribution in [0.4, 0.5) is 0 Å². The molecule has 3 heteroatoms. The van der Waals surface area contributed by atoms with E-state index in [-0.39, 0.29) is 11.9 Å². The largest absolute Gasteiger partial charge is 0.351 e. The summed E-state index contributed by atoms with van der Waals surface area (Å²) >= 11 is 0. The Labute approximate surface area is 122 Å². The van der Waals surface area contributed by atoms with Crippen molar-refractivity contribution in [3.8, 4) is 0 Å². The fourth-order valence-electron chi connectivity index (χ4n) is 2.08. The van der Waals surface area contributed by atoms with Crippen molar-refractivity contribution in [3.05, 3.63) is 47.0 Å². The zero-order valence-electron chi connectivity index (χ0n) is 13.2. The van der Waals surface area contributed by atoms with E-state index in [1.54, 1.807) is 6.08 Å². The summed E-state index contributed by atoms with van der Waals surface area (Å²) in [7, 11) is 4.07. The minimum Gasteiger partial charge on any atom is -0.351 e. The molecule has 0 aliphatic carbocycles. The first-order valence-corrected chi connectivity index (χ1v) is 7.12. The van der Waals surface area contributed by atoms with Gasteiger partial charge in [0.2, 0.25) is 5.91 Å². The number of carbonyl (C=O) groups is 1. The molecule has 0 fully saturated rings. The van der Waals surface area contributed by atoms with Crippen LogP contribution < -0.4 is 5.32 Å². The summed E-state index contributed by atoms with van der Waals surface area (Å²) in [5, 5.41) is 2.97. The number of benzene rings is 1. The van der Waals surface area contributed by atoms with Crippen LogP contribution in [0, 0.1) is 0 Å². The molecule has 0 saturated carbocycles. The molecule has 0 saturated heterocycles. The first-order chi connectivity index (χ1) is 9.43. The molecule has 0 aliphatic heterocycles. The summed E-state index contributed by atoms with van der Waals surface area (Å²) < 4.78 is 0. The molecule has 0 spiro atoms. The van der Waals surface area contributed by atoms with Gasteiger partial charge in [0, 0.05) is 12.6 Å². The van der Waals surface area contributed by atoms with Gasteiger partial charge >= 0.3 is 0 Å². The molecular weight excluding hydrogens is 248 g/mol. The summed E-state index contributed by atoms with van der Waals surface area (Å²) in [6.07, 6.45) is 2.68. The lowest BCUT2D eigenvalue weighted by Gasteiger charge is -2.25. The van der Waals surface area contributed by atoms with Crippen molar-refractivity contribution in [3.63, 3.8) is 0 Å². The summed E-state index contributed by atoms with van der Waals surface area (Å²) in [6, 6.07) is 8.80. The number of likely N-dealkylation sites (N-methyl/N-ethyl adjacent to an activating group) is 1. The second-order valence-electron chi connectivity index (χ2n) is 5.54. The normalized spacial score (nSPS) is 12.1. The van der Waals surface area contributed by atoms with Crippen molar-refractivity contribution < 1.29 is 4.79 Å². The molecule has 110 valence electrons. The molecule has 1 atom stereocenters. The third-order valence-electron chi connectivity index (χ3n) is 3.29. The number of amides is 1. The van der Waals surface area contributed by atoms with Gasteiger partial charge in [0.05, 0.1) is 6.04 Å². The van der Waals surface area contributed by atoms with Gasteiger partial charge in [0.1, 0.15) is 0 Å². The number of allylic oxidation sites excluding steroid dienone is 1. The Kier molecular flexibility index (Phi) is 6.46. The molecule has 1 N–H and O–H groups in total. The number of aryl methyl sites for hydroxylation is 1. The molecule has 0 heterocycles. The minimum atomic E-state index is -0.0259. The van der Waals surface area contributed by atoms with Gasteiger partial charge in [0.15, 0.2) is 0 Å². The van der Waals surface area contributed by atoms with Crippen LogP contribution in [0.1, 0.15) is 37.9 Å². The highest BCUT2D eigenvalue weighted by atomic mass is 16.1. The highest BCUT2D eigenvalue weighted by molar-refractivity contribution is 5.88. The summed E-state index contributed by atoms with van der Waals surface area (Å²) in [6.45, 7) is 6.61. The van der Waals surface area contributed by atoms with Gasteiger partial charge in [-0.15, -0.1) is 0 Å². The first-order valence-electron chi connectivity index (χ1n) is 7.12. The van der Waals surface area contributed by atoms with E-state index in [1.807, 2.05) is 27.9 Å². The molecule has 1 aromatic carbocycles. The van der Waals surface area contributed by atoms with E-state index >= 15 is 0 Å². The van der Waals surface area contributed by atoms with Crippen LogP contribution in [0.3, 0.4) is 0 Å². The van der Waals surface area contributed by atoms with Gasteiger partial charge in [-0.1, -0.05) is 36.8 Å². The molecule has 0 bridgehead atoms. The molecule has 0 radical (unpaired) electrons. The number of nitrogens with one attached hydrogen (secondary N) is 1. The number of hydrogen-bond acceptors (Lipinski definition) is 2. The summed E-state index contributed by atoms with van der Waals surface area (Å²) in [5.74, 6) is -0.0259. The zero-order valence-corrected chi connectivity index (χ0v) is 13.2. The highest BCUT2D eigenvalue weighted by Gasteiger charge is 2.14. The average molecular weight is 274 g/mol. The molecule has 1 rings (SSSR count). The lowest BCUT2D eigenvalue weighted by molar-refractivity contribution is -0.116. The lowest BCUT2D eigenvalue weighted by Crippen LogP contribution is -2.33. The van der Waals surface area contributed by atoms with Gasteiger partial charge in [-0.3, -0.25) is 4.79 Å². The fraction of sp³-hybridized carbons (Fsp3) is 0.471. The summed E-state index contributed by atoms with van der Waals surface area (Å²) in [5.41, 5.74) is 3.57. The van der Waals surface area contributed by atoms with Gasteiger partial charge in [-0.05, 0) is 45.5 Å². The number of nitrogens with zero attached hydrogens (tertiary/aromatic N) is 1. The molecule has 3 nitrogen and oxygen atoms in total. The highest BCUT2D eigenvalue weighted by Crippen LogP contribution is 2.18. The van der Waals surface area contributed by atoms with E-state index < -0.39 is 0 Å².